The molecule has 0 saturated heterocycles. The molecule has 0 spiro atoms. The number of benzene rings is 1. The van der Waals surface area contributed by atoms with Gasteiger partial charge in [0, 0.05) is 6.08 Å². The second kappa shape index (κ2) is 8.27. The minimum Gasteiger partial charge on any atom is -0.173 e. The predicted octanol–water partition coefficient (Wildman–Crippen LogP) is 7.41. The first-order valence-electron chi connectivity index (χ1n) is 9.78. The van der Waals surface area contributed by atoms with Crippen molar-refractivity contribution in [2.75, 3.05) is 0 Å². The third-order valence-corrected chi connectivity index (χ3v) is 6.59. The summed E-state index contributed by atoms with van der Waals surface area (Å²) in [6.07, 6.45) is 11.7. The summed E-state index contributed by atoms with van der Waals surface area (Å²) in [4.78, 5) is 0. The molecule has 0 aromatic heterocycles. The summed E-state index contributed by atoms with van der Waals surface area (Å²) in [5, 5.41) is 0. The van der Waals surface area contributed by atoms with E-state index in [9.17, 15) is 8.78 Å². The van der Waals surface area contributed by atoms with E-state index >= 15 is 0 Å². The molecule has 1 aromatic carbocycles. The Morgan fingerprint density at radius 3 is 1.92 bits per heavy atom. The molecule has 2 saturated carbocycles. The van der Waals surface area contributed by atoms with Crippen LogP contribution in [0, 0.1) is 17.8 Å². The van der Waals surface area contributed by atoms with E-state index in [1.54, 1.807) is 0 Å². The average molecular weight is 332 g/mol. The second-order valence-corrected chi connectivity index (χ2v) is 7.90. The SMILES string of the molecule is CC[C@H]1CC[C@H]([C@H]2CC[C@H](c3ccc(C=C(F)F)cc3)CC2)CC1. The molecule has 24 heavy (non-hydrogen) atoms. The van der Waals surface area contributed by atoms with Gasteiger partial charge in [0.05, 0.1) is 0 Å². The average Bonchev–Trinajstić information content (AvgIpc) is 2.62. The van der Waals surface area contributed by atoms with Gasteiger partial charge in [0.1, 0.15) is 0 Å². The molecule has 0 nitrogen and oxygen atoms in total. The number of hydrogen-bond acceptors (Lipinski definition) is 0. The molecule has 0 amide bonds. The topological polar surface area (TPSA) is 0 Å². The monoisotopic (exact) mass is 332 g/mol. The zero-order valence-corrected chi connectivity index (χ0v) is 14.8. The van der Waals surface area contributed by atoms with Crippen molar-refractivity contribution < 1.29 is 8.78 Å². The van der Waals surface area contributed by atoms with Gasteiger partial charge in [0.2, 0.25) is 0 Å². The van der Waals surface area contributed by atoms with Crippen molar-refractivity contribution in [1.29, 1.82) is 0 Å². The normalized spacial score (nSPS) is 30.8. The van der Waals surface area contributed by atoms with E-state index in [-0.39, 0.29) is 0 Å². The molecule has 0 aliphatic heterocycles. The maximum atomic E-state index is 12.3. The maximum absolute atomic E-state index is 12.3. The Morgan fingerprint density at radius 2 is 1.42 bits per heavy atom. The van der Waals surface area contributed by atoms with Crippen molar-refractivity contribution in [3.8, 4) is 0 Å². The second-order valence-electron chi connectivity index (χ2n) is 7.90. The summed E-state index contributed by atoms with van der Waals surface area (Å²) in [7, 11) is 0. The zero-order chi connectivity index (χ0) is 16.9. The molecule has 0 N–H and O–H groups in total. The molecule has 2 aliphatic rings. The van der Waals surface area contributed by atoms with E-state index in [1.807, 2.05) is 24.3 Å². The molecule has 2 aliphatic carbocycles. The first kappa shape index (κ1) is 17.6. The van der Waals surface area contributed by atoms with Crippen LogP contribution in [0.2, 0.25) is 0 Å². The van der Waals surface area contributed by atoms with E-state index in [0.29, 0.717) is 11.5 Å². The predicted molar refractivity (Wildman–Crippen MR) is 97.1 cm³/mol. The lowest BCUT2D eigenvalue weighted by atomic mass is 9.68. The standard InChI is InChI=1S/C22H30F2/c1-2-16-3-7-18(8-4-16)20-11-13-21(14-12-20)19-9-5-17(6-10-19)15-22(23)24/h5-6,9-10,15-16,18,20-21H,2-4,7-8,11-14H2,1H3/t16-,18-,20-,21-. The maximum Gasteiger partial charge on any atom is 0.270 e. The van der Waals surface area contributed by atoms with Crippen LogP contribution >= 0.6 is 0 Å². The van der Waals surface area contributed by atoms with Gasteiger partial charge in [-0.1, -0.05) is 50.5 Å². The van der Waals surface area contributed by atoms with Gasteiger partial charge in [-0.25, -0.2) is 0 Å². The molecular weight excluding hydrogens is 302 g/mol. The van der Waals surface area contributed by atoms with Crippen molar-refractivity contribution in [2.45, 2.75) is 70.6 Å². The van der Waals surface area contributed by atoms with Crippen molar-refractivity contribution in [2.24, 2.45) is 17.8 Å². The zero-order valence-electron chi connectivity index (χ0n) is 14.8. The van der Waals surface area contributed by atoms with Gasteiger partial charge in [-0.05, 0) is 73.3 Å². The Bertz CT molecular complexity index is 526. The first-order valence-corrected chi connectivity index (χ1v) is 9.78. The molecule has 2 fully saturated rings. The molecule has 2 heteroatoms. The lowest BCUT2D eigenvalue weighted by Gasteiger charge is -2.38. The molecule has 0 unspecified atom stereocenters. The van der Waals surface area contributed by atoms with Crippen molar-refractivity contribution in [1.82, 2.24) is 0 Å². The lowest BCUT2D eigenvalue weighted by Crippen LogP contribution is -2.25. The minimum atomic E-state index is -1.62. The van der Waals surface area contributed by atoms with Crippen LogP contribution in [-0.2, 0) is 0 Å². The number of hydrogen-bond donors (Lipinski definition) is 0. The van der Waals surface area contributed by atoms with Crippen LogP contribution in [0.4, 0.5) is 8.78 Å². The van der Waals surface area contributed by atoms with Gasteiger partial charge in [0.15, 0.2) is 0 Å². The lowest BCUT2D eigenvalue weighted by molar-refractivity contribution is 0.158. The quantitative estimate of drug-likeness (QED) is 0.538. The Balaban J connectivity index is 1.51. The van der Waals surface area contributed by atoms with E-state index in [0.717, 1.165) is 23.8 Å². The van der Waals surface area contributed by atoms with Crippen molar-refractivity contribution in [3.05, 3.63) is 41.5 Å². The third-order valence-electron chi connectivity index (χ3n) is 6.59. The summed E-state index contributed by atoms with van der Waals surface area (Å²) in [5.41, 5.74) is 1.93. The summed E-state index contributed by atoms with van der Waals surface area (Å²) >= 11 is 0. The van der Waals surface area contributed by atoms with Crippen LogP contribution in [-0.4, -0.2) is 0 Å². The minimum absolute atomic E-state index is 0.597. The van der Waals surface area contributed by atoms with E-state index in [4.69, 9.17) is 0 Å². The fraction of sp³-hybridized carbons (Fsp3) is 0.636. The van der Waals surface area contributed by atoms with Crippen molar-refractivity contribution in [3.63, 3.8) is 0 Å². The van der Waals surface area contributed by atoms with Gasteiger partial charge in [0.25, 0.3) is 6.08 Å². The van der Waals surface area contributed by atoms with Gasteiger partial charge >= 0.3 is 0 Å². The molecule has 0 heterocycles. The first-order chi connectivity index (χ1) is 11.7. The van der Waals surface area contributed by atoms with Crippen LogP contribution in [0.3, 0.4) is 0 Å². The highest BCUT2D eigenvalue weighted by Gasteiger charge is 2.30. The van der Waals surface area contributed by atoms with E-state index < -0.39 is 6.08 Å². The Labute approximate surface area is 145 Å². The smallest absolute Gasteiger partial charge is 0.173 e. The molecule has 132 valence electrons. The molecule has 0 bridgehead atoms. The van der Waals surface area contributed by atoms with Crippen LogP contribution in [0.1, 0.15) is 81.8 Å². The van der Waals surface area contributed by atoms with Crippen molar-refractivity contribution >= 4 is 6.08 Å². The Kier molecular flexibility index (Phi) is 6.08. The highest BCUT2D eigenvalue weighted by atomic mass is 19.3. The van der Waals surface area contributed by atoms with Gasteiger partial charge in [-0.2, -0.15) is 8.78 Å². The van der Waals surface area contributed by atoms with Crippen LogP contribution in [0.25, 0.3) is 6.08 Å². The van der Waals surface area contributed by atoms with Gasteiger partial charge in [-0.15, -0.1) is 0 Å². The highest BCUT2D eigenvalue weighted by Crippen LogP contribution is 2.44. The summed E-state index contributed by atoms with van der Waals surface area (Å²) in [5.74, 6) is 3.51. The Morgan fingerprint density at radius 1 is 0.875 bits per heavy atom. The highest BCUT2D eigenvalue weighted by molar-refractivity contribution is 5.50. The third kappa shape index (κ3) is 4.46. The van der Waals surface area contributed by atoms with Gasteiger partial charge < -0.3 is 0 Å². The van der Waals surface area contributed by atoms with Crippen LogP contribution in [0.15, 0.2) is 30.3 Å². The summed E-state index contributed by atoms with van der Waals surface area (Å²) in [6, 6.07) is 7.75. The fourth-order valence-electron chi connectivity index (χ4n) is 4.98. The summed E-state index contributed by atoms with van der Waals surface area (Å²) in [6.45, 7) is 2.33. The molecular formula is C22H30F2. The largest absolute Gasteiger partial charge is 0.270 e. The number of rotatable bonds is 4. The molecule has 0 radical (unpaired) electrons. The van der Waals surface area contributed by atoms with Crippen LogP contribution < -0.4 is 0 Å². The molecule has 1 aromatic rings. The summed E-state index contributed by atoms with van der Waals surface area (Å²) < 4.78 is 24.6. The van der Waals surface area contributed by atoms with Crippen LogP contribution in [0.5, 0.6) is 0 Å². The number of halogens is 2. The molecule has 3 rings (SSSR count). The van der Waals surface area contributed by atoms with Gasteiger partial charge in [-0.3, -0.25) is 0 Å². The molecule has 0 atom stereocenters. The Hall–Kier alpha value is -1.18. The van der Waals surface area contributed by atoms with E-state index in [1.165, 1.54) is 63.4 Å². The van der Waals surface area contributed by atoms with E-state index in [2.05, 4.69) is 6.92 Å². The fourth-order valence-corrected chi connectivity index (χ4v) is 4.98.